The van der Waals surface area contributed by atoms with Gasteiger partial charge in [-0.05, 0) is 34.0 Å². The number of hydrogen-bond donors (Lipinski definition) is 1. The second-order valence-electron chi connectivity index (χ2n) is 7.82. The van der Waals surface area contributed by atoms with E-state index in [-0.39, 0.29) is 0 Å². The Balaban J connectivity index is 1.42. The number of aromatic amines is 1. The molecule has 0 aliphatic carbocycles. The summed E-state index contributed by atoms with van der Waals surface area (Å²) in [6.07, 6.45) is 4.64. The second-order valence-corrected chi connectivity index (χ2v) is 7.82. The van der Waals surface area contributed by atoms with E-state index in [1.165, 1.54) is 5.56 Å². The van der Waals surface area contributed by atoms with Gasteiger partial charge in [0.05, 0.1) is 0 Å². The molecule has 0 aliphatic rings. The molecule has 5 rings (SSSR count). The SMILES string of the molecule is CCCCn1nc(-c2ccccc2)nc1Cc1ccc(-c2cccnc2-c2nnn[nH]2)cc1. The van der Waals surface area contributed by atoms with Crippen molar-refractivity contribution in [2.24, 2.45) is 0 Å². The van der Waals surface area contributed by atoms with Crippen LogP contribution in [0.2, 0.25) is 0 Å². The molecule has 1 N–H and O–H groups in total. The predicted molar refractivity (Wildman–Crippen MR) is 126 cm³/mol. The average molecular weight is 437 g/mol. The zero-order valence-electron chi connectivity index (χ0n) is 18.4. The summed E-state index contributed by atoms with van der Waals surface area (Å²) in [7, 11) is 0. The molecule has 0 radical (unpaired) electrons. The van der Waals surface area contributed by atoms with Gasteiger partial charge in [0.15, 0.2) is 11.6 Å². The molecule has 0 aliphatic heterocycles. The van der Waals surface area contributed by atoms with Crippen molar-refractivity contribution in [3.63, 3.8) is 0 Å². The molecule has 0 amide bonds. The molecule has 0 fully saturated rings. The van der Waals surface area contributed by atoms with E-state index in [9.17, 15) is 0 Å². The largest absolute Gasteiger partial charge is 0.252 e. The topological polar surface area (TPSA) is 98.1 Å². The van der Waals surface area contributed by atoms with Crippen LogP contribution in [0, 0.1) is 0 Å². The lowest BCUT2D eigenvalue weighted by molar-refractivity contribution is 0.550. The Bertz CT molecular complexity index is 1310. The molecule has 8 nitrogen and oxygen atoms in total. The van der Waals surface area contributed by atoms with Gasteiger partial charge in [-0.3, -0.25) is 4.98 Å². The highest BCUT2D eigenvalue weighted by Gasteiger charge is 2.14. The minimum absolute atomic E-state index is 0.548. The van der Waals surface area contributed by atoms with E-state index < -0.39 is 0 Å². The Hall–Kier alpha value is -4.20. The van der Waals surface area contributed by atoms with Gasteiger partial charge in [-0.2, -0.15) is 5.10 Å². The molecule has 5 aromatic rings. The number of nitrogens with one attached hydrogen (secondary N) is 1. The van der Waals surface area contributed by atoms with Crippen LogP contribution in [-0.4, -0.2) is 40.4 Å². The molecule has 3 heterocycles. The number of rotatable bonds is 8. The Kier molecular flexibility index (Phi) is 5.97. The fourth-order valence-electron chi connectivity index (χ4n) is 3.77. The van der Waals surface area contributed by atoms with Gasteiger partial charge in [-0.15, -0.1) is 5.10 Å². The highest BCUT2D eigenvalue weighted by atomic mass is 15.5. The number of pyridine rings is 1. The fraction of sp³-hybridized carbons (Fsp3) is 0.200. The van der Waals surface area contributed by atoms with Gasteiger partial charge < -0.3 is 0 Å². The lowest BCUT2D eigenvalue weighted by Gasteiger charge is -2.08. The summed E-state index contributed by atoms with van der Waals surface area (Å²) in [5.41, 5.74) is 4.96. The van der Waals surface area contributed by atoms with E-state index in [2.05, 4.69) is 61.5 Å². The maximum absolute atomic E-state index is 4.87. The van der Waals surface area contributed by atoms with Crippen molar-refractivity contribution in [1.82, 2.24) is 40.4 Å². The Morgan fingerprint density at radius 2 is 1.76 bits per heavy atom. The number of nitrogens with zero attached hydrogens (tertiary/aromatic N) is 7. The quantitative estimate of drug-likeness (QED) is 0.382. The van der Waals surface area contributed by atoms with Gasteiger partial charge in [-0.1, -0.05) is 74.0 Å². The molecule has 2 aromatic carbocycles. The van der Waals surface area contributed by atoms with Gasteiger partial charge in [0.25, 0.3) is 0 Å². The normalized spacial score (nSPS) is 11.1. The number of tetrazole rings is 1. The predicted octanol–water partition coefficient (Wildman–Crippen LogP) is 4.58. The highest BCUT2D eigenvalue weighted by Crippen LogP contribution is 2.28. The third-order valence-corrected chi connectivity index (χ3v) is 5.51. The van der Waals surface area contributed by atoms with Crippen molar-refractivity contribution in [2.75, 3.05) is 0 Å². The minimum atomic E-state index is 0.548. The minimum Gasteiger partial charge on any atom is -0.252 e. The maximum Gasteiger partial charge on any atom is 0.198 e. The van der Waals surface area contributed by atoms with Gasteiger partial charge in [0.2, 0.25) is 0 Å². The summed E-state index contributed by atoms with van der Waals surface area (Å²) in [6, 6.07) is 22.5. The van der Waals surface area contributed by atoms with Crippen LogP contribution in [0.4, 0.5) is 0 Å². The molecule has 0 saturated carbocycles. The van der Waals surface area contributed by atoms with Crippen molar-refractivity contribution in [2.45, 2.75) is 32.7 Å². The van der Waals surface area contributed by atoms with Crippen molar-refractivity contribution < 1.29 is 0 Å². The summed E-state index contributed by atoms with van der Waals surface area (Å²) in [6.45, 7) is 3.06. The van der Waals surface area contributed by atoms with Crippen LogP contribution in [0.3, 0.4) is 0 Å². The second kappa shape index (κ2) is 9.52. The zero-order chi connectivity index (χ0) is 22.5. The lowest BCUT2D eigenvalue weighted by atomic mass is 10.0. The van der Waals surface area contributed by atoms with Crippen molar-refractivity contribution in [3.05, 3.63) is 84.3 Å². The number of unbranched alkanes of at least 4 members (excludes halogenated alkanes) is 1. The average Bonchev–Trinajstić information content (AvgIpc) is 3.54. The molecule has 33 heavy (non-hydrogen) atoms. The molecule has 0 atom stereocenters. The summed E-state index contributed by atoms with van der Waals surface area (Å²) >= 11 is 0. The van der Waals surface area contributed by atoms with Crippen LogP contribution < -0.4 is 0 Å². The van der Waals surface area contributed by atoms with Crippen LogP contribution in [0.1, 0.15) is 31.2 Å². The van der Waals surface area contributed by atoms with Crippen LogP contribution in [0.25, 0.3) is 34.0 Å². The smallest absolute Gasteiger partial charge is 0.198 e. The van der Waals surface area contributed by atoms with Crippen LogP contribution in [-0.2, 0) is 13.0 Å². The third-order valence-electron chi connectivity index (χ3n) is 5.51. The van der Waals surface area contributed by atoms with Crippen molar-refractivity contribution in [1.29, 1.82) is 0 Å². The number of benzene rings is 2. The first-order chi connectivity index (χ1) is 16.3. The summed E-state index contributed by atoms with van der Waals surface area (Å²) in [5, 5.41) is 18.9. The molecule has 0 spiro atoms. The zero-order valence-corrected chi connectivity index (χ0v) is 18.4. The Morgan fingerprint density at radius 3 is 2.52 bits per heavy atom. The highest BCUT2D eigenvalue weighted by molar-refractivity contribution is 5.77. The van der Waals surface area contributed by atoms with Gasteiger partial charge in [0.1, 0.15) is 11.5 Å². The Labute approximate surface area is 191 Å². The number of aryl methyl sites for hydroxylation is 1. The monoisotopic (exact) mass is 436 g/mol. The standard InChI is InChI=1S/C25H24N8/c1-2-3-16-33-22(27-24(30-33)20-8-5-4-6-9-20)17-18-11-13-19(14-12-18)21-10-7-15-26-23(21)25-28-31-32-29-25/h4-15H,2-3,16-17H2,1H3,(H,28,29,31,32). The van der Waals surface area contributed by atoms with E-state index >= 15 is 0 Å². The molecule has 164 valence electrons. The molecule has 0 bridgehead atoms. The van der Waals surface area contributed by atoms with E-state index in [4.69, 9.17) is 10.1 Å². The van der Waals surface area contributed by atoms with E-state index in [1.807, 2.05) is 42.5 Å². The summed E-state index contributed by atoms with van der Waals surface area (Å²) in [4.78, 5) is 9.34. The van der Waals surface area contributed by atoms with Gasteiger partial charge >= 0.3 is 0 Å². The fourth-order valence-corrected chi connectivity index (χ4v) is 3.77. The molecule has 3 aromatic heterocycles. The van der Waals surface area contributed by atoms with Crippen LogP contribution >= 0.6 is 0 Å². The molecule has 0 saturated heterocycles. The number of H-pyrrole nitrogens is 1. The Morgan fingerprint density at radius 1 is 0.909 bits per heavy atom. The van der Waals surface area contributed by atoms with E-state index in [1.54, 1.807) is 6.20 Å². The van der Waals surface area contributed by atoms with Crippen molar-refractivity contribution in [3.8, 4) is 34.0 Å². The number of aromatic nitrogens is 8. The lowest BCUT2D eigenvalue weighted by Crippen LogP contribution is -2.06. The van der Waals surface area contributed by atoms with E-state index in [0.717, 1.165) is 59.8 Å². The first-order valence-corrected chi connectivity index (χ1v) is 11.1. The van der Waals surface area contributed by atoms with Crippen LogP contribution in [0.5, 0.6) is 0 Å². The third kappa shape index (κ3) is 4.55. The molecule has 0 unspecified atom stereocenters. The number of hydrogen-bond acceptors (Lipinski definition) is 6. The maximum atomic E-state index is 4.87. The molecular formula is C25H24N8. The van der Waals surface area contributed by atoms with Gasteiger partial charge in [-0.25, -0.2) is 14.8 Å². The summed E-state index contributed by atoms with van der Waals surface area (Å²) in [5.74, 6) is 2.30. The van der Waals surface area contributed by atoms with E-state index in [0.29, 0.717) is 5.82 Å². The van der Waals surface area contributed by atoms with Gasteiger partial charge in [0, 0.05) is 30.3 Å². The van der Waals surface area contributed by atoms with Crippen LogP contribution in [0.15, 0.2) is 72.9 Å². The summed E-state index contributed by atoms with van der Waals surface area (Å²) < 4.78 is 2.05. The first-order valence-electron chi connectivity index (χ1n) is 11.1. The molecular weight excluding hydrogens is 412 g/mol. The molecule has 8 heteroatoms. The first kappa shape index (κ1) is 20.7. The van der Waals surface area contributed by atoms with Crippen molar-refractivity contribution >= 4 is 0 Å².